The van der Waals surface area contributed by atoms with Gasteiger partial charge in [0.2, 0.25) is 15.9 Å². The van der Waals surface area contributed by atoms with E-state index in [-0.39, 0.29) is 22.4 Å². The predicted molar refractivity (Wildman–Crippen MR) is 162 cm³/mol. The molecule has 8 nitrogen and oxygen atoms in total. The number of thioether (sulfide) groups is 1. The zero-order valence-electron chi connectivity index (χ0n) is 22.3. The summed E-state index contributed by atoms with van der Waals surface area (Å²) < 4.78 is 29.0. The van der Waals surface area contributed by atoms with Crippen LogP contribution in [0.1, 0.15) is 30.5 Å². The van der Waals surface area contributed by atoms with Crippen LogP contribution in [0.3, 0.4) is 0 Å². The molecule has 0 spiro atoms. The Morgan fingerprint density at radius 2 is 1.77 bits per heavy atom. The number of carbonyl (C=O) groups excluding carboxylic acids is 2. The third-order valence-electron chi connectivity index (χ3n) is 6.84. The van der Waals surface area contributed by atoms with E-state index < -0.39 is 38.9 Å². The third-order valence-corrected chi connectivity index (χ3v) is 11.8. The highest BCUT2D eigenvalue weighted by atomic mass is 79.9. The van der Waals surface area contributed by atoms with Crippen LogP contribution in [0, 0.1) is 6.92 Å². The summed E-state index contributed by atoms with van der Waals surface area (Å²) in [7, 11) is -4.03. The Morgan fingerprint density at radius 1 is 1.10 bits per heavy atom. The molecule has 1 fully saturated rings. The van der Waals surface area contributed by atoms with Gasteiger partial charge in [-0.15, -0.1) is 23.1 Å². The molecule has 40 heavy (non-hydrogen) atoms. The van der Waals surface area contributed by atoms with E-state index in [4.69, 9.17) is 0 Å². The molecular formula is C28H32BrN3O5S3. The second-order valence-corrected chi connectivity index (χ2v) is 16.2. The number of rotatable bonds is 10. The van der Waals surface area contributed by atoms with Crippen molar-refractivity contribution in [3.8, 4) is 0 Å². The zero-order chi connectivity index (χ0) is 29.1. The quantitative estimate of drug-likeness (QED) is 0.301. The molecule has 214 valence electrons. The summed E-state index contributed by atoms with van der Waals surface area (Å²) in [5.41, 5.74) is 2.76. The van der Waals surface area contributed by atoms with E-state index in [9.17, 15) is 23.1 Å². The van der Waals surface area contributed by atoms with Crippen LogP contribution in [0.25, 0.3) is 0 Å². The van der Waals surface area contributed by atoms with Crippen molar-refractivity contribution in [2.45, 2.75) is 60.9 Å². The van der Waals surface area contributed by atoms with Crippen LogP contribution in [0.4, 0.5) is 0 Å². The number of nitrogens with zero attached hydrogens (tertiary/aromatic N) is 1. The molecule has 1 aromatic heterocycles. The number of hydrogen-bond donors (Lipinski definition) is 3. The largest absolute Gasteiger partial charge is 0.382 e. The highest BCUT2D eigenvalue weighted by molar-refractivity contribution is 9.11. The van der Waals surface area contributed by atoms with Crippen molar-refractivity contribution in [3.05, 3.63) is 87.2 Å². The normalized spacial score (nSPS) is 18.3. The maximum atomic E-state index is 13.8. The van der Waals surface area contributed by atoms with Gasteiger partial charge < -0.3 is 15.3 Å². The van der Waals surface area contributed by atoms with Gasteiger partial charge >= 0.3 is 0 Å². The zero-order valence-corrected chi connectivity index (χ0v) is 26.4. The van der Waals surface area contributed by atoms with Gasteiger partial charge in [0.15, 0.2) is 0 Å². The second kappa shape index (κ2) is 12.7. The average molecular weight is 667 g/mol. The molecule has 1 saturated heterocycles. The van der Waals surface area contributed by atoms with E-state index in [0.29, 0.717) is 10.3 Å². The minimum absolute atomic E-state index is 0.0587. The van der Waals surface area contributed by atoms with E-state index >= 15 is 0 Å². The maximum absolute atomic E-state index is 13.8. The number of thiophene rings is 1. The van der Waals surface area contributed by atoms with Crippen molar-refractivity contribution < 1.29 is 23.1 Å². The monoisotopic (exact) mass is 665 g/mol. The molecule has 3 aromatic rings. The molecular weight excluding hydrogens is 634 g/mol. The van der Waals surface area contributed by atoms with E-state index in [0.717, 1.165) is 28.0 Å². The van der Waals surface area contributed by atoms with Crippen molar-refractivity contribution in [1.29, 1.82) is 0 Å². The lowest BCUT2D eigenvalue weighted by Gasteiger charge is -2.33. The van der Waals surface area contributed by atoms with Gasteiger partial charge in [0.1, 0.15) is 16.4 Å². The van der Waals surface area contributed by atoms with Gasteiger partial charge in [-0.25, -0.2) is 13.1 Å². The lowest BCUT2D eigenvalue weighted by atomic mass is 9.97. The number of halogens is 1. The molecule has 1 unspecified atom stereocenters. The fraction of sp³-hybridized carbons (Fsp3) is 0.357. The summed E-state index contributed by atoms with van der Waals surface area (Å²) in [5, 5.41) is 14.3. The average Bonchev–Trinajstić information content (AvgIpc) is 3.50. The van der Waals surface area contributed by atoms with Gasteiger partial charge in [-0.05, 0) is 71.9 Å². The van der Waals surface area contributed by atoms with Crippen LogP contribution >= 0.6 is 39.0 Å². The Kier molecular flexibility index (Phi) is 9.79. The first-order chi connectivity index (χ1) is 18.9. The summed E-state index contributed by atoms with van der Waals surface area (Å²) in [6.07, 6.45) is -1.65. The van der Waals surface area contributed by atoms with Crippen LogP contribution in [-0.2, 0) is 32.6 Å². The van der Waals surface area contributed by atoms with Gasteiger partial charge in [0, 0.05) is 11.3 Å². The first-order valence-electron chi connectivity index (χ1n) is 12.7. The third kappa shape index (κ3) is 7.15. The minimum atomic E-state index is -4.03. The number of nitrogens with one attached hydrogen (secondary N) is 2. The molecule has 4 rings (SSSR count). The summed E-state index contributed by atoms with van der Waals surface area (Å²) in [6, 6.07) is 17.8. The SMILES string of the molecule is Cc1ccccc1CNC(=O)C1N(C(=O)[C@@H](O)[C@H](Cc2ccccc2)NS(=O)(=O)c2ccc(Br)s2)CSC1(C)C. The van der Waals surface area contributed by atoms with Gasteiger partial charge in [0.25, 0.3) is 5.91 Å². The Labute approximate surface area is 251 Å². The van der Waals surface area contributed by atoms with Crippen molar-refractivity contribution in [2.24, 2.45) is 0 Å². The Bertz CT molecular complexity index is 1460. The molecule has 0 saturated carbocycles. The second-order valence-electron chi connectivity index (χ2n) is 10.2. The number of aliphatic hydroxyl groups is 1. The van der Waals surface area contributed by atoms with E-state index in [1.54, 1.807) is 30.3 Å². The van der Waals surface area contributed by atoms with Gasteiger partial charge in [0.05, 0.1) is 15.7 Å². The highest BCUT2D eigenvalue weighted by Crippen LogP contribution is 2.40. The van der Waals surface area contributed by atoms with Crippen LogP contribution in [0.2, 0.25) is 0 Å². The van der Waals surface area contributed by atoms with Crippen molar-refractivity contribution in [1.82, 2.24) is 14.9 Å². The summed E-state index contributed by atoms with van der Waals surface area (Å²) in [4.78, 5) is 28.6. The summed E-state index contributed by atoms with van der Waals surface area (Å²) in [5.74, 6) is -0.846. The first kappa shape index (κ1) is 30.7. The number of amides is 2. The molecule has 1 aliphatic heterocycles. The fourth-order valence-corrected chi connectivity index (χ4v) is 9.04. The Hall–Kier alpha value is -2.22. The lowest BCUT2D eigenvalue weighted by molar-refractivity contribution is -0.147. The molecule has 3 N–H and O–H groups in total. The molecule has 2 aromatic carbocycles. The number of aryl methyl sites for hydroxylation is 1. The molecule has 0 aliphatic carbocycles. The molecule has 2 amide bonds. The number of aliphatic hydroxyl groups excluding tert-OH is 1. The van der Waals surface area contributed by atoms with Gasteiger partial charge in [-0.1, -0.05) is 54.6 Å². The lowest BCUT2D eigenvalue weighted by Crippen LogP contribution is -2.58. The smallest absolute Gasteiger partial charge is 0.254 e. The first-order valence-corrected chi connectivity index (χ1v) is 16.7. The number of carbonyl (C=O) groups is 2. The van der Waals surface area contributed by atoms with Gasteiger partial charge in [-0.2, -0.15) is 0 Å². The molecule has 1 aliphatic rings. The van der Waals surface area contributed by atoms with Crippen LogP contribution in [-0.4, -0.2) is 59.1 Å². The molecule has 3 atom stereocenters. The maximum Gasteiger partial charge on any atom is 0.254 e. The van der Waals surface area contributed by atoms with Crippen LogP contribution in [0.5, 0.6) is 0 Å². The summed E-state index contributed by atoms with van der Waals surface area (Å²) in [6.45, 7) is 6.04. The molecule has 12 heteroatoms. The van der Waals surface area contributed by atoms with Crippen molar-refractivity contribution >= 4 is 60.9 Å². The Morgan fingerprint density at radius 3 is 2.42 bits per heavy atom. The van der Waals surface area contributed by atoms with Crippen molar-refractivity contribution in [3.63, 3.8) is 0 Å². The van der Waals surface area contributed by atoms with E-state index in [1.165, 1.54) is 22.7 Å². The predicted octanol–water partition coefficient (Wildman–Crippen LogP) is 4.07. The molecule has 0 radical (unpaired) electrons. The van der Waals surface area contributed by atoms with Crippen LogP contribution in [0.15, 0.2) is 74.7 Å². The fourth-order valence-electron chi connectivity index (χ4n) is 4.63. The van der Waals surface area contributed by atoms with E-state index in [1.807, 2.05) is 51.1 Å². The summed E-state index contributed by atoms with van der Waals surface area (Å²) >= 11 is 5.74. The topological polar surface area (TPSA) is 116 Å². The molecule has 2 heterocycles. The number of hydrogen-bond acceptors (Lipinski definition) is 7. The minimum Gasteiger partial charge on any atom is -0.382 e. The van der Waals surface area contributed by atoms with Crippen molar-refractivity contribution in [2.75, 3.05) is 5.88 Å². The number of sulfonamides is 1. The highest BCUT2D eigenvalue weighted by Gasteiger charge is 2.50. The standard InChI is InChI=1S/C28H32BrN3O5S3/c1-18-9-7-8-12-20(18)16-30-26(34)25-28(2,3)38-17-32(25)27(35)24(33)21(15-19-10-5-4-6-11-19)31-40(36,37)23-14-13-22(29)39-23/h4-14,21,24-25,31,33H,15-17H2,1-3H3,(H,30,34)/t21-,24-,25?/m0/s1. The Balaban J connectivity index is 1.57. The van der Waals surface area contributed by atoms with Crippen LogP contribution < -0.4 is 10.0 Å². The molecule has 0 bridgehead atoms. The van der Waals surface area contributed by atoms with E-state index in [2.05, 4.69) is 26.0 Å². The number of benzene rings is 2. The van der Waals surface area contributed by atoms with Gasteiger partial charge in [-0.3, -0.25) is 9.59 Å².